The summed E-state index contributed by atoms with van der Waals surface area (Å²) in [6, 6.07) is 8.07. The van der Waals surface area contributed by atoms with Crippen molar-refractivity contribution in [3.63, 3.8) is 0 Å². The van der Waals surface area contributed by atoms with Gasteiger partial charge in [0.05, 0.1) is 15.6 Å². The molecular weight excluding hydrogens is 449 g/mol. The highest BCUT2D eigenvalue weighted by Crippen LogP contribution is 2.24. The summed E-state index contributed by atoms with van der Waals surface area (Å²) in [5.74, 6) is -0.595. The third-order valence-corrected chi connectivity index (χ3v) is 6.30. The van der Waals surface area contributed by atoms with E-state index in [2.05, 4.69) is 22.8 Å². The first-order valence-electron chi connectivity index (χ1n) is 11.2. The minimum Gasteiger partial charge on any atom is -0.480 e. The Kier molecular flexibility index (Phi) is 9.18. The largest absolute Gasteiger partial charge is 0.480 e. The lowest BCUT2D eigenvalue weighted by Gasteiger charge is -2.17. The van der Waals surface area contributed by atoms with Crippen molar-refractivity contribution in [2.75, 3.05) is 11.9 Å². The summed E-state index contributed by atoms with van der Waals surface area (Å²) in [7, 11) is 0. The van der Waals surface area contributed by atoms with Crippen LogP contribution in [0.15, 0.2) is 30.3 Å². The SMILES string of the molecule is O=C(N[C@H](CCCCCCCc1ccc2c(n1)NCCC2)C(=O)O)c1c(Cl)cccc1Cl. The highest BCUT2D eigenvalue weighted by atomic mass is 35.5. The molecule has 1 aliphatic heterocycles. The predicted octanol–water partition coefficient (Wildman–Crippen LogP) is 5.51. The van der Waals surface area contributed by atoms with Crippen LogP contribution < -0.4 is 10.6 Å². The number of halogens is 2. The number of aromatic nitrogens is 1. The fraction of sp³-hybridized carbons (Fsp3) is 0.458. The average molecular weight is 478 g/mol. The monoisotopic (exact) mass is 477 g/mol. The first kappa shape index (κ1) is 24.3. The van der Waals surface area contributed by atoms with Crippen molar-refractivity contribution >= 4 is 40.9 Å². The van der Waals surface area contributed by atoms with E-state index in [1.165, 1.54) is 5.56 Å². The standard InChI is InChI=1S/C24H29Cl2N3O3/c25-18-10-6-11-19(26)21(18)23(30)29-20(24(31)32)12-5-3-1-2-4-9-17-14-13-16-8-7-15-27-22(16)28-17/h6,10-11,13-14,20H,1-5,7-9,12,15H2,(H,27,28)(H,29,30)(H,31,32)/t20-/m1/s1. The van der Waals surface area contributed by atoms with Crippen molar-refractivity contribution in [1.82, 2.24) is 10.3 Å². The molecule has 0 spiro atoms. The molecule has 0 radical (unpaired) electrons. The number of benzene rings is 1. The first-order valence-corrected chi connectivity index (χ1v) is 11.9. The minimum absolute atomic E-state index is 0.105. The molecule has 2 aromatic rings. The second-order valence-corrected chi connectivity index (χ2v) is 8.92. The molecule has 3 rings (SSSR count). The van der Waals surface area contributed by atoms with Gasteiger partial charge in [-0.1, -0.05) is 61.0 Å². The van der Waals surface area contributed by atoms with Crippen molar-refractivity contribution in [2.24, 2.45) is 0 Å². The van der Waals surface area contributed by atoms with Crippen molar-refractivity contribution in [3.8, 4) is 0 Å². The Morgan fingerprint density at radius 3 is 2.53 bits per heavy atom. The van der Waals surface area contributed by atoms with E-state index in [0.29, 0.717) is 12.8 Å². The van der Waals surface area contributed by atoms with Gasteiger partial charge in [0.25, 0.3) is 5.91 Å². The Morgan fingerprint density at radius 1 is 1.06 bits per heavy atom. The van der Waals surface area contributed by atoms with Gasteiger partial charge in [-0.2, -0.15) is 0 Å². The number of rotatable bonds is 11. The Balaban J connectivity index is 1.36. The molecule has 0 saturated carbocycles. The number of aryl methyl sites for hydroxylation is 2. The summed E-state index contributed by atoms with van der Waals surface area (Å²) in [5, 5.41) is 15.8. The van der Waals surface area contributed by atoms with Crippen LogP contribution in [-0.2, 0) is 17.6 Å². The zero-order valence-electron chi connectivity index (χ0n) is 18.0. The highest BCUT2D eigenvalue weighted by molar-refractivity contribution is 6.39. The molecular formula is C24H29Cl2N3O3. The van der Waals surface area contributed by atoms with E-state index in [9.17, 15) is 14.7 Å². The quantitative estimate of drug-likeness (QED) is 0.371. The number of nitrogens with zero attached hydrogens (tertiary/aromatic N) is 1. The van der Waals surface area contributed by atoms with Crippen LogP contribution in [0.1, 0.15) is 66.6 Å². The third-order valence-electron chi connectivity index (χ3n) is 5.67. The van der Waals surface area contributed by atoms with Crippen molar-refractivity contribution in [2.45, 2.75) is 63.8 Å². The van der Waals surface area contributed by atoms with Crippen LogP contribution in [0.3, 0.4) is 0 Å². The molecule has 3 N–H and O–H groups in total. The minimum atomic E-state index is -1.06. The van der Waals surface area contributed by atoms with Crippen LogP contribution >= 0.6 is 23.2 Å². The fourth-order valence-corrected chi connectivity index (χ4v) is 4.46. The van der Waals surface area contributed by atoms with Crippen LogP contribution in [0.2, 0.25) is 10.0 Å². The number of nitrogens with one attached hydrogen (secondary N) is 2. The summed E-state index contributed by atoms with van der Waals surface area (Å²) in [6.45, 7) is 0.993. The Morgan fingerprint density at radius 2 is 1.78 bits per heavy atom. The van der Waals surface area contributed by atoms with E-state index in [0.717, 1.165) is 63.0 Å². The maximum Gasteiger partial charge on any atom is 0.326 e. The fourth-order valence-electron chi connectivity index (χ4n) is 3.90. The van der Waals surface area contributed by atoms with Gasteiger partial charge in [0, 0.05) is 12.2 Å². The van der Waals surface area contributed by atoms with Crippen molar-refractivity contribution < 1.29 is 14.7 Å². The summed E-state index contributed by atoms with van der Waals surface area (Å²) >= 11 is 12.1. The number of carbonyl (C=O) groups is 2. The molecule has 32 heavy (non-hydrogen) atoms. The van der Waals surface area contributed by atoms with Gasteiger partial charge in [-0.05, 0) is 55.9 Å². The van der Waals surface area contributed by atoms with E-state index in [1.54, 1.807) is 18.2 Å². The van der Waals surface area contributed by atoms with Crippen LogP contribution in [0.5, 0.6) is 0 Å². The maximum absolute atomic E-state index is 12.4. The third kappa shape index (κ3) is 6.84. The number of hydrogen-bond donors (Lipinski definition) is 3. The molecule has 0 fully saturated rings. The maximum atomic E-state index is 12.4. The summed E-state index contributed by atoms with van der Waals surface area (Å²) in [5.41, 5.74) is 2.52. The Hall–Kier alpha value is -2.31. The zero-order valence-corrected chi connectivity index (χ0v) is 19.5. The van der Waals surface area contributed by atoms with Crippen LogP contribution in [0, 0.1) is 0 Å². The number of carboxylic acid groups (broad SMARTS) is 1. The second kappa shape index (κ2) is 12.1. The molecule has 8 heteroatoms. The van der Waals surface area contributed by atoms with Crippen LogP contribution in [0.4, 0.5) is 5.82 Å². The number of unbranched alkanes of at least 4 members (excludes halogenated alkanes) is 4. The molecule has 2 heterocycles. The summed E-state index contributed by atoms with van der Waals surface area (Å²) in [6.07, 6.45) is 8.32. The molecule has 1 aliphatic rings. The lowest BCUT2D eigenvalue weighted by Crippen LogP contribution is -2.41. The van der Waals surface area contributed by atoms with Gasteiger partial charge in [0.2, 0.25) is 0 Å². The van der Waals surface area contributed by atoms with Gasteiger partial charge in [-0.25, -0.2) is 9.78 Å². The number of amides is 1. The number of carbonyl (C=O) groups excluding carboxylic acids is 1. The summed E-state index contributed by atoms with van der Waals surface area (Å²) < 4.78 is 0. The zero-order chi connectivity index (χ0) is 22.9. The van der Waals surface area contributed by atoms with E-state index < -0.39 is 17.9 Å². The molecule has 1 aromatic carbocycles. The number of fused-ring (bicyclic) bond motifs is 1. The molecule has 1 atom stereocenters. The number of pyridine rings is 1. The van der Waals surface area contributed by atoms with Crippen molar-refractivity contribution in [3.05, 3.63) is 57.2 Å². The number of hydrogen-bond acceptors (Lipinski definition) is 4. The average Bonchev–Trinajstić information content (AvgIpc) is 2.77. The van der Waals surface area contributed by atoms with E-state index in [4.69, 9.17) is 28.2 Å². The molecule has 0 bridgehead atoms. The van der Waals surface area contributed by atoms with Gasteiger partial charge in [-0.3, -0.25) is 4.79 Å². The van der Waals surface area contributed by atoms with Gasteiger partial charge in [-0.15, -0.1) is 0 Å². The lowest BCUT2D eigenvalue weighted by atomic mass is 10.0. The molecule has 0 aliphatic carbocycles. The molecule has 0 unspecified atom stereocenters. The van der Waals surface area contributed by atoms with E-state index in [-0.39, 0.29) is 15.6 Å². The number of aliphatic carboxylic acids is 1. The molecule has 1 amide bonds. The van der Waals surface area contributed by atoms with Gasteiger partial charge in [0.1, 0.15) is 11.9 Å². The van der Waals surface area contributed by atoms with Crippen LogP contribution in [0.25, 0.3) is 0 Å². The summed E-state index contributed by atoms with van der Waals surface area (Å²) in [4.78, 5) is 28.7. The van der Waals surface area contributed by atoms with E-state index in [1.807, 2.05) is 0 Å². The Bertz CT molecular complexity index is 932. The molecule has 6 nitrogen and oxygen atoms in total. The lowest BCUT2D eigenvalue weighted by molar-refractivity contribution is -0.139. The second-order valence-electron chi connectivity index (χ2n) is 8.11. The number of carboxylic acids is 1. The first-order chi connectivity index (χ1) is 15.5. The van der Waals surface area contributed by atoms with Gasteiger partial charge < -0.3 is 15.7 Å². The number of anilines is 1. The van der Waals surface area contributed by atoms with Gasteiger partial charge >= 0.3 is 5.97 Å². The normalized spacial score (nSPS) is 13.7. The molecule has 1 aromatic heterocycles. The van der Waals surface area contributed by atoms with Crippen molar-refractivity contribution in [1.29, 1.82) is 0 Å². The highest BCUT2D eigenvalue weighted by Gasteiger charge is 2.23. The Labute approximate surface area is 198 Å². The van der Waals surface area contributed by atoms with E-state index >= 15 is 0 Å². The topological polar surface area (TPSA) is 91.3 Å². The predicted molar refractivity (Wildman–Crippen MR) is 128 cm³/mol. The molecule has 172 valence electrons. The van der Waals surface area contributed by atoms with Crippen LogP contribution in [-0.4, -0.2) is 34.6 Å². The molecule has 0 saturated heterocycles. The van der Waals surface area contributed by atoms with Gasteiger partial charge in [0.15, 0.2) is 0 Å². The smallest absolute Gasteiger partial charge is 0.326 e.